The molecular formula is C27H31N2NaO4S. The first-order valence-corrected chi connectivity index (χ1v) is 12.9. The maximum Gasteiger partial charge on any atom is 1.00 e. The van der Waals surface area contributed by atoms with E-state index in [-0.39, 0.29) is 40.9 Å². The Morgan fingerprint density at radius 1 is 1.00 bits per heavy atom. The molecule has 6 nitrogen and oxygen atoms in total. The van der Waals surface area contributed by atoms with Crippen LogP contribution >= 0.6 is 0 Å². The first-order valence-electron chi connectivity index (χ1n) is 11.5. The molecule has 0 radical (unpaired) electrons. The van der Waals surface area contributed by atoms with Gasteiger partial charge in [0.2, 0.25) is 0 Å². The number of benzene rings is 2. The SMILES string of the molecule is CCN(CC)c1ccc(C(=C2C=CC(=[N+](CC)CC)C=C2)c2cc(O)[c-]cc2S(=O)(=O)[O-])cc1.[Na+]. The Hall–Kier alpha value is -2.16. The summed E-state index contributed by atoms with van der Waals surface area (Å²) in [5, 5.41) is 10.1. The van der Waals surface area contributed by atoms with Crippen molar-refractivity contribution in [3.63, 3.8) is 0 Å². The summed E-state index contributed by atoms with van der Waals surface area (Å²) in [4.78, 5) is 1.79. The van der Waals surface area contributed by atoms with Crippen molar-refractivity contribution in [2.24, 2.45) is 0 Å². The molecule has 3 rings (SSSR count). The van der Waals surface area contributed by atoms with Crippen molar-refractivity contribution in [1.82, 2.24) is 0 Å². The van der Waals surface area contributed by atoms with E-state index in [1.165, 1.54) is 6.07 Å². The Morgan fingerprint density at radius 3 is 2.06 bits per heavy atom. The van der Waals surface area contributed by atoms with Crippen LogP contribution in [0.4, 0.5) is 5.69 Å². The standard InChI is InChI=1S/C27H32N2O4S.Na/c1-5-28(6-2)22-13-9-20(10-14-22)27(21-11-15-23(16-12-21)29(7-3)8-4)25-19-24(30)17-18-26(25)34(31,32)33;/h9-16,18-19,30H,5-8H2,1-4H3,(H,31,32,33);/q;+1/p-1. The molecule has 1 aliphatic carbocycles. The zero-order valence-corrected chi connectivity index (χ0v) is 23.9. The van der Waals surface area contributed by atoms with Gasteiger partial charge in [-0.05, 0) is 73.6 Å². The molecule has 180 valence electrons. The van der Waals surface area contributed by atoms with Crippen LogP contribution in [0.3, 0.4) is 0 Å². The van der Waals surface area contributed by atoms with Crippen LogP contribution in [0.25, 0.3) is 5.57 Å². The van der Waals surface area contributed by atoms with E-state index in [0.29, 0.717) is 5.57 Å². The molecule has 8 heteroatoms. The van der Waals surface area contributed by atoms with Gasteiger partial charge in [-0.15, -0.1) is 17.7 Å². The van der Waals surface area contributed by atoms with Gasteiger partial charge in [-0.3, -0.25) is 8.42 Å². The molecule has 0 aliphatic heterocycles. The van der Waals surface area contributed by atoms with Crippen LogP contribution < -0.4 is 34.5 Å². The molecule has 0 aromatic heterocycles. The number of aromatic hydroxyl groups is 1. The van der Waals surface area contributed by atoms with Gasteiger partial charge in [0.05, 0.1) is 10.1 Å². The predicted molar refractivity (Wildman–Crippen MR) is 136 cm³/mol. The number of nitrogens with zero attached hydrogens (tertiary/aromatic N) is 2. The van der Waals surface area contributed by atoms with E-state index in [1.807, 2.05) is 48.6 Å². The van der Waals surface area contributed by atoms with E-state index in [0.717, 1.165) is 54.8 Å². The van der Waals surface area contributed by atoms with Crippen molar-refractivity contribution in [3.8, 4) is 5.75 Å². The molecule has 0 spiro atoms. The third-order valence-corrected chi connectivity index (χ3v) is 6.88. The van der Waals surface area contributed by atoms with E-state index in [9.17, 15) is 18.1 Å². The second-order valence-electron chi connectivity index (χ2n) is 7.86. The number of anilines is 1. The fourth-order valence-electron chi connectivity index (χ4n) is 4.20. The van der Waals surface area contributed by atoms with Crippen LogP contribution in [0.15, 0.2) is 71.2 Å². The fourth-order valence-corrected chi connectivity index (χ4v) is 4.84. The number of allylic oxidation sites excluding steroid dienone is 5. The smallest absolute Gasteiger partial charge is 0.754 e. The van der Waals surface area contributed by atoms with Gasteiger partial charge in [-0.2, -0.15) is 6.07 Å². The van der Waals surface area contributed by atoms with E-state index in [4.69, 9.17) is 0 Å². The molecular weight excluding hydrogens is 471 g/mol. The number of hydrogen-bond acceptors (Lipinski definition) is 5. The molecule has 1 aliphatic rings. The maximum absolute atomic E-state index is 12.1. The zero-order chi connectivity index (χ0) is 24.9. The molecule has 0 heterocycles. The third kappa shape index (κ3) is 6.74. The number of phenolic OH excluding ortho intramolecular Hbond substituents is 1. The van der Waals surface area contributed by atoms with Gasteiger partial charge in [-0.25, -0.2) is 4.58 Å². The summed E-state index contributed by atoms with van der Waals surface area (Å²) < 4.78 is 38.5. The fraction of sp³-hybridized carbons (Fsp3) is 0.296. The minimum Gasteiger partial charge on any atom is -0.754 e. The number of phenols is 1. The van der Waals surface area contributed by atoms with Crippen molar-refractivity contribution in [3.05, 3.63) is 83.5 Å². The molecule has 0 saturated heterocycles. The summed E-state index contributed by atoms with van der Waals surface area (Å²) in [6.45, 7) is 11.8. The molecule has 0 fully saturated rings. The normalized spacial score (nSPS) is 12.9. The van der Waals surface area contributed by atoms with Gasteiger partial charge in [0.15, 0.2) is 5.71 Å². The minimum atomic E-state index is -4.80. The van der Waals surface area contributed by atoms with Gasteiger partial charge in [0.1, 0.15) is 13.1 Å². The van der Waals surface area contributed by atoms with E-state index >= 15 is 0 Å². The Balaban J connectivity index is 0.00000432. The van der Waals surface area contributed by atoms with Crippen molar-refractivity contribution in [1.29, 1.82) is 0 Å². The van der Waals surface area contributed by atoms with Gasteiger partial charge in [-0.1, -0.05) is 12.1 Å². The topological polar surface area (TPSA) is 83.7 Å². The molecule has 1 N–H and O–H groups in total. The first kappa shape index (κ1) is 29.1. The maximum atomic E-state index is 12.1. The summed E-state index contributed by atoms with van der Waals surface area (Å²) in [5.41, 5.74) is 4.27. The Bertz CT molecular complexity index is 1250. The van der Waals surface area contributed by atoms with Crippen molar-refractivity contribution in [2.75, 3.05) is 31.1 Å². The summed E-state index contributed by atoms with van der Waals surface area (Å²) in [7, 11) is -4.80. The number of rotatable bonds is 8. The van der Waals surface area contributed by atoms with Gasteiger partial charge >= 0.3 is 29.6 Å². The molecule has 0 saturated carbocycles. The molecule has 2 aromatic carbocycles. The third-order valence-electron chi connectivity index (χ3n) is 6.01. The van der Waals surface area contributed by atoms with Crippen LogP contribution in [-0.2, 0) is 10.1 Å². The molecule has 2 aromatic rings. The Kier molecular flexibility index (Phi) is 10.5. The van der Waals surface area contributed by atoms with Crippen molar-refractivity contribution >= 4 is 27.1 Å². The average molecular weight is 503 g/mol. The summed E-state index contributed by atoms with van der Waals surface area (Å²) in [6, 6.07) is 12.5. The number of hydrogen-bond donors (Lipinski definition) is 1. The van der Waals surface area contributed by atoms with Crippen LogP contribution in [0.1, 0.15) is 38.8 Å². The van der Waals surface area contributed by atoms with Gasteiger partial charge in [0, 0.05) is 36.7 Å². The van der Waals surface area contributed by atoms with E-state index in [1.54, 1.807) is 0 Å². The monoisotopic (exact) mass is 502 g/mol. The van der Waals surface area contributed by atoms with Crippen LogP contribution in [-0.4, -0.2) is 54.5 Å². The molecule has 0 unspecified atom stereocenters. The van der Waals surface area contributed by atoms with Crippen LogP contribution in [0.2, 0.25) is 0 Å². The van der Waals surface area contributed by atoms with Crippen molar-refractivity contribution in [2.45, 2.75) is 32.6 Å². The van der Waals surface area contributed by atoms with Crippen LogP contribution in [0, 0.1) is 6.07 Å². The zero-order valence-electron chi connectivity index (χ0n) is 21.1. The van der Waals surface area contributed by atoms with E-state index in [2.05, 4.69) is 43.2 Å². The summed E-state index contributed by atoms with van der Waals surface area (Å²) >= 11 is 0. The molecule has 0 amide bonds. The van der Waals surface area contributed by atoms with Crippen LogP contribution in [0.5, 0.6) is 5.75 Å². The molecule has 0 bridgehead atoms. The molecule has 35 heavy (non-hydrogen) atoms. The largest absolute Gasteiger partial charge is 1.00 e. The average Bonchev–Trinajstić information content (AvgIpc) is 2.82. The Morgan fingerprint density at radius 2 is 1.57 bits per heavy atom. The summed E-state index contributed by atoms with van der Waals surface area (Å²) in [6.07, 6.45) is 7.78. The first-order chi connectivity index (χ1) is 16.2. The second kappa shape index (κ2) is 12.7. The summed E-state index contributed by atoms with van der Waals surface area (Å²) in [5.74, 6) is -0.237. The van der Waals surface area contributed by atoms with Gasteiger partial charge in [0.25, 0.3) is 0 Å². The second-order valence-corrected chi connectivity index (χ2v) is 9.21. The quantitative estimate of drug-likeness (QED) is 0.255. The predicted octanol–water partition coefficient (Wildman–Crippen LogP) is 1.37. The van der Waals surface area contributed by atoms with Gasteiger partial charge < -0.3 is 14.6 Å². The van der Waals surface area contributed by atoms with Crippen molar-refractivity contribution < 1.29 is 52.2 Å². The molecule has 0 atom stereocenters. The minimum absolute atomic E-state index is 0. The van der Waals surface area contributed by atoms with E-state index < -0.39 is 15.0 Å². The Labute approximate surface area is 231 Å².